The lowest BCUT2D eigenvalue weighted by Crippen LogP contribution is -2.50. The summed E-state index contributed by atoms with van der Waals surface area (Å²) in [4.78, 5) is 0. The van der Waals surface area contributed by atoms with E-state index in [2.05, 4.69) is 41.8 Å². The van der Waals surface area contributed by atoms with Crippen LogP contribution in [0, 0.1) is 5.92 Å². The monoisotopic (exact) mass is 332 g/mol. The third-order valence-electron chi connectivity index (χ3n) is 5.32. The van der Waals surface area contributed by atoms with Crippen molar-refractivity contribution in [1.82, 2.24) is 10.6 Å². The Balaban J connectivity index is 1.54. The summed E-state index contributed by atoms with van der Waals surface area (Å²) in [5.41, 5.74) is 2.68. The van der Waals surface area contributed by atoms with Crippen molar-refractivity contribution in [2.45, 2.75) is 57.8 Å². The van der Waals surface area contributed by atoms with Crippen LogP contribution in [0.15, 0.2) is 24.3 Å². The quantitative estimate of drug-likeness (QED) is 0.719. The Morgan fingerprint density at radius 3 is 2.92 bits per heavy atom. The largest absolute Gasteiger partial charge is 0.379 e. The molecular formula is C20H32N2O2. The molecule has 0 radical (unpaired) electrons. The molecule has 4 nitrogen and oxygen atoms in total. The van der Waals surface area contributed by atoms with Gasteiger partial charge >= 0.3 is 0 Å². The van der Waals surface area contributed by atoms with Gasteiger partial charge in [-0.1, -0.05) is 37.6 Å². The molecule has 3 rings (SSSR count). The second-order valence-electron chi connectivity index (χ2n) is 7.04. The molecule has 2 aliphatic rings. The molecule has 134 valence electrons. The molecule has 1 aliphatic carbocycles. The van der Waals surface area contributed by atoms with Gasteiger partial charge in [-0.3, -0.25) is 0 Å². The minimum atomic E-state index is 0.516. The minimum Gasteiger partial charge on any atom is -0.379 e. The number of ether oxygens (including phenoxy) is 2. The second kappa shape index (κ2) is 9.52. The average molecular weight is 332 g/mol. The lowest BCUT2D eigenvalue weighted by Gasteiger charge is -2.33. The maximum Gasteiger partial charge on any atom is 0.0720 e. The summed E-state index contributed by atoms with van der Waals surface area (Å²) in [6, 6.07) is 9.76. The fourth-order valence-electron chi connectivity index (χ4n) is 4.02. The molecule has 2 fully saturated rings. The van der Waals surface area contributed by atoms with Crippen LogP contribution in [0.25, 0.3) is 0 Å². The Morgan fingerprint density at radius 1 is 1.25 bits per heavy atom. The van der Waals surface area contributed by atoms with E-state index in [9.17, 15) is 0 Å². The Hall–Kier alpha value is -0.940. The van der Waals surface area contributed by atoms with Gasteiger partial charge in [0.1, 0.15) is 0 Å². The predicted molar refractivity (Wildman–Crippen MR) is 97.0 cm³/mol. The van der Waals surface area contributed by atoms with Gasteiger partial charge in [0.2, 0.25) is 0 Å². The average Bonchev–Trinajstić information content (AvgIpc) is 3.10. The molecule has 24 heavy (non-hydrogen) atoms. The van der Waals surface area contributed by atoms with E-state index < -0.39 is 0 Å². The van der Waals surface area contributed by atoms with Gasteiger partial charge < -0.3 is 20.1 Å². The number of hydrogen-bond donors (Lipinski definition) is 2. The van der Waals surface area contributed by atoms with Crippen LogP contribution in [0.4, 0.5) is 0 Å². The Bertz CT molecular complexity index is 488. The summed E-state index contributed by atoms with van der Waals surface area (Å²) >= 11 is 0. The number of hydrogen-bond acceptors (Lipinski definition) is 4. The topological polar surface area (TPSA) is 42.5 Å². The van der Waals surface area contributed by atoms with Crippen LogP contribution in [-0.4, -0.2) is 38.4 Å². The van der Waals surface area contributed by atoms with E-state index in [4.69, 9.17) is 9.47 Å². The fraction of sp³-hybridized carbons (Fsp3) is 0.700. The van der Waals surface area contributed by atoms with Gasteiger partial charge in [0.05, 0.1) is 19.8 Å². The number of morpholine rings is 1. The lowest BCUT2D eigenvalue weighted by atomic mass is 9.93. The van der Waals surface area contributed by atoms with Gasteiger partial charge in [0, 0.05) is 31.8 Å². The SMILES string of the molecule is CCCOCc1ccccc1CNC1CCCC1C1COCCN1. The number of nitrogens with one attached hydrogen (secondary N) is 2. The molecule has 0 bridgehead atoms. The number of benzene rings is 1. The molecular weight excluding hydrogens is 300 g/mol. The maximum absolute atomic E-state index is 5.74. The zero-order valence-electron chi connectivity index (χ0n) is 14.9. The molecule has 1 heterocycles. The van der Waals surface area contributed by atoms with Gasteiger partial charge in [-0.2, -0.15) is 0 Å². The normalized spacial score (nSPS) is 27.5. The maximum atomic E-state index is 5.74. The summed E-state index contributed by atoms with van der Waals surface area (Å²) in [5.74, 6) is 0.689. The summed E-state index contributed by atoms with van der Waals surface area (Å²) in [5, 5.41) is 7.47. The van der Waals surface area contributed by atoms with Crippen molar-refractivity contribution >= 4 is 0 Å². The van der Waals surface area contributed by atoms with Gasteiger partial charge in [0.15, 0.2) is 0 Å². The first kappa shape index (κ1) is 17.9. The summed E-state index contributed by atoms with van der Waals surface area (Å²) in [7, 11) is 0. The Kier molecular flexibility index (Phi) is 7.09. The van der Waals surface area contributed by atoms with Gasteiger partial charge in [-0.15, -0.1) is 0 Å². The smallest absolute Gasteiger partial charge is 0.0720 e. The van der Waals surface area contributed by atoms with Crippen LogP contribution in [0.5, 0.6) is 0 Å². The third-order valence-corrected chi connectivity index (χ3v) is 5.32. The molecule has 1 saturated carbocycles. The van der Waals surface area contributed by atoms with Crippen molar-refractivity contribution in [2.75, 3.05) is 26.4 Å². The van der Waals surface area contributed by atoms with Crippen molar-refractivity contribution < 1.29 is 9.47 Å². The van der Waals surface area contributed by atoms with E-state index in [1.54, 1.807) is 0 Å². The summed E-state index contributed by atoms with van der Waals surface area (Å²) in [6.07, 6.45) is 4.97. The standard InChI is InChI=1S/C20H32N2O2/c1-2-11-23-14-17-7-4-3-6-16(17)13-22-19-9-5-8-18(19)20-15-24-12-10-21-20/h3-4,6-7,18-22H,2,5,8-15H2,1H3. The minimum absolute atomic E-state index is 0.516. The Morgan fingerprint density at radius 2 is 2.12 bits per heavy atom. The van der Waals surface area contributed by atoms with Crippen molar-refractivity contribution in [3.05, 3.63) is 35.4 Å². The molecule has 3 unspecified atom stereocenters. The first-order valence-corrected chi connectivity index (χ1v) is 9.57. The molecule has 0 amide bonds. The molecule has 1 saturated heterocycles. The van der Waals surface area contributed by atoms with Crippen LogP contribution >= 0.6 is 0 Å². The van der Waals surface area contributed by atoms with Crippen LogP contribution in [0.3, 0.4) is 0 Å². The molecule has 4 heteroatoms. The highest BCUT2D eigenvalue weighted by Gasteiger charge is 2.34. The molecule has 1 aromatic rings. The molecule has 0 aromatic heterocycles. The predicted octanol–water partition coefficient (Wildman–Crippen LogP) is 2.86. The third kappa shape index (κ3) is 4.79. The fourth-order valence-corrected chi connectivity index (χ4v) is 4.02. The highest BCUT2D eigenvalue weighted by molar-refractivity contribution is 5.26. The summed E-state index contributed by atoms with van der Waals surface area (Å²) < 4.78 is 11.4. The van der Waals surface area contributed by atoms with Gasteiger partial charge in [0.25, 0.3) is 0 Å². The van der Waals surface area contributed by atoms with Gasteiger partial charge in [-0.05, 0) is 36.3 Å². The Labute approximate surface area is 146 Å². The van der Waals surface area contributed by atoms with E-state index in [1.807, 2.05) is 0 Å². The molecule has 1 aromatic carbocycles. The van der Waals surface area contributed by atoms with E-state index in [-0.39, 0.29) is 0 Å². The van der Waals surface area contributed by atoms with Crippen molar-refractivity contribution in [1.29, 1.82) is 0 Å². The molecule has 3 atom stereocenters. The molecule has 0 spiro atoms. The highest BCUT2D eigenvalue weighted by Crippen LogP contribution is 2.29. The van der Waals surface area contributed by atoms with Crippen LogP contribution in [0.1, 0.15) is 43.7 Å². The van der Waals surface area contributed by atoms with Gasteiger partial charge in [-0.25, -0.2) is 0 Å². The van der Waals surface area contributed by atoms with Crippen molar-refractivity contribution in [3.63, 3.8) is 0 Å². The van der Waals surface area contributed by atoms with Crippen LogP contribution in [0.2, 0.25) is 0 Å². The first-order chi connectivity index (χ1) is 11.9. The van der Waals surface area contributed by atoms with E-state index >= 15 is 0 Å². The zero-order chi connectivity index (χ0) is 16.6. The van der Waals surface area contributed by atoms with Crippen LogP contribution in [-0.2, 0) is 22.6 Å². The zero-order valence-corrected chi connectivity index (χ0v) is 14.9. The second-order valence-corrected chi connectivity index (χ2v) is 7.04. The van der Waals surface area contributed by atoms with E-state index in [0.29, 0.717) is 18.0 Å². The highest BCUT2D eigenvalue weighted by atomic mass is 16.5. The summed E-state index contributed by atoms with van der Waals surface area (Å²) in [6.45, 7) is 7.34. The lowest BCUT2D eigenvalue weighted by molar-refractivity contribution is 0.0524. The number of rotatable bonds is 8. The molecule has 2 N–H and O–H groups in total. The van der Waals surface area contributed by atoms with Crippen LogP contribution < -0.4 is 10.6 Å². The van der Waals surface area contributed by atoms with Crippen molar-refractivity contribution in [2.24, 2.45) is 5.92 Å². The van der Waals surface area contributed by atoms with Crippen molar-refractivity contribution in [3.8, 4) is 0 Å². The first-order valence-electron chi connectivity index (χ1n) is 9.57. The molecule has 1 aliphatic heterocycles. The van der Waals surface area contributed by atoms with E-state index in [1.165, 1.54) is 30.4 Å². The van der Waals surface area contributed by atoms with E-state index in [0.717, 1.165) is 45.9 Å².